The molecule has 1 aromatic carbocycles. The van der Waals surface area contributed by atoms with Crippen LogP contribution >= 0.6 is 27.7 Å². The molecule has 0 fully saturated rings. The number of rotatable bonds is 5. The van der Waals surface area contributed by atoms with Gasteiger partial charge in [0, 0.05) is 15.6 Å². The number of nitrogens with two attached hydrogens (primary N) is 1. The fraction of sp³-hybridized carbons (Fsp3) is 0.200. The van der Waals surface area contributed by atoms with Gasteiger partial charge < -0.3 is 11.1 Å². The molecule has 1 aromatic heterocycles. The first kappa shape index (κ1) is 15.9. The molecular weight excluding hydrogens is 350 g/mol. The third-order valence-electron chi connectivity index (χ3n) is 2.88. The van der Waals surface area contributed by atoms with Crippen LogP contribution in [-0.4, -0.2) is 16.6 Å². The van der Waals surface area contributed by atoms with E-state index in [9.17, 15) is 4.79 Å². The van der Waals surface area contributed by atoms with E-state index in [2.05, 4.69) is 26.2 Å². The third kappa shape index (κ3) is 5.06. The number of benzene rings is 1. The lowest BCUT2D eigenvalue weighted by Gasteiger charge is -2.14. The molecule has 110 valence electrons. The minimum Gasteiger partial charge on any atom is -0.384 e. The number of aromatic nitrogens is 1. The molecule has 4 nitrogen and oxygen atoms in total. The number of nitrogens with one attached hydrogen (secondary N) is 1. The van der Waals surface area contributed by atoms with Crippen LogP contribution in [0.4, 0.5) is 5.82 Å². The minimum absolute atomic E-state index is 0.00718. The van der Waals surface area contributed by atoms with Gasteiger partial charge in [0.1, 0.15) is 5.82 Å². The van der Waals surface area contributed by atoms with E-state index in [1.54, 1.807) is 12.3 Å². The van der Waals surface area contributed by atoms with Crippen LogP contribution < -0.4 is 11.1 Å². The van der Waals surface area contributed by atoms with E-state index in [-0.39, 0.29) is 11.9 Å². The van der Waals surface area contributed by atoms with Crippen molar-refractivity contribution in [2.75, 3.05) is 11.5 Å². The third-order valence-corrected chi connectivity index (χ3v) is 4.39. The summed E-state index contributed by atoms with van der Waals surface area (Å²) in [6.07, 6.45) is 1.67. The molecule has 0 bridgehead atoms. The zero-order valence-electron chi connectivity index (χ0n) is 11.5. The summed E-state index contributed by atoms with van der Waals surface area (Å²) in [5.74, 6) is 0.826. The molecule has 0 spiro atoms. The summed E-state index contributed by atoms with van der Waals surface area (Å²) in [5.41, 5.74) is 6.60. The van der Waals surface area contributed by atoms with Gasteiger partial charge in [0.05, 0.1) is 11.8 Å². The zero-order valence-corrected chi connectivity index (χ0v) is 13.9. The highest BCUT2D eigenvalue weighted by Gasteiger charge is 2.10. The fourth-order valence-corrected chi connectivity index (χ4v) is 2.68. The highest BCUT2D eigenvalue weighted by molar-refractivity contribution is 9.10. The van der Waals surface area contributed by atoms with Crippen LogP contribution in [0.25, 0.3) is 0 Å². The summed E-state index contributed by atoms with van der Waals surface area (Å²) in [5, 5.41) is 2.98. The summed E-state index contributed by atoms with van der Waals surface area (Å²) in [6, 6.07) is 11.5. The predicted octanol–water partition coefficient (Wildman–Crippen LogP) is 3.40. The number of anilines is 1. The van der Waals surface area contributed by atoms with E-state index < -0.39 is 0 Å². The number of carbonyl (C=O) groups is 1. The standard InChI is InChI=1S/C15H16BrN3OS/c1-10(11-2-4-12(16)5-3-11)19-15(20)9-21-13-6-7-14(17)18-8-13/h2-8,10H,9H2,1H3,(H2,17,18)(H,19,20). The normalized spacial score (nSPS) is 11.9. The average Bonchev–Trinajstić information content (AvgIpc) is 2.47. The zero-order chi connectivity index (χ0) is 15.2. The Kier molecular flexibility index (Phi) is 5.64. The van der Waals surface area contributed by atoms with Crippen LogP contribution in [0.3, 0.4) is 0 Å². The molecular formula is C15H16BrN3OS. The van der Waals surface area contributed by atoms with E-state index in [1.165, 1.54) is 11.8 Å². The van der Waals surface area contributed by atoms with E-state index in [0.29, 0.717) is 11.6 Å². The molecule has 3 N–H and O–H groups in total. The first-order valence-corrected chi connectivity index (χ1v) is 8.21. The van der Waals surface area contributed by atoms with Gasteiger partial charge in [-0.2, -0.15) is 0 Å². The van der Waals surface area contributed by atoms with E-state index in [0.717, 1.165) is 14.9 Å². The van der Waals surface area contributed by atoms with Crippen LogP contribution in [0.2, 0.25) is 0 Å². The highest BCUT2D eigenvalue weighted by Crippen LogP contribution is 2.19. The van der Waals surface area contributed by atoms with Gasteiger partial charge in [-0.3, -0.25) is 4.79 Å². The Labute approximate surface area is 136 Å². The number of nitrogen functional groups attached to an aromatic ring is 1. The monoisotopic (exact) mass is 365 g/mol. The Bertz CT molecular complexity index is 601. The van der Waals surface area contributed by atoms with Crippen LogP contribution in [-0.2, 0) is 4.79 Å². The van der Waals surface area contributed by atoms with Crippen molar-refractivity contribution >= 4 is 39.4 Å². The Morgan fingerprint density at radius 1 is 1.33 bits per heavy atom. The molecule has 6 heteroatoms. The van der Waals surface area contributed by atoms with Gasteiger partial charge in [-0.25, -0.2) is 4.98 Å². The summed E-state index contributed by atoms with van der Waals surface area (Å²) >= 11 is 4.83. The molecule has 0 aliphatic heterocycles. The number of halogens is 1. The van der Waals surface area contributed by atoms with Gasteiger partial charge in [0.15, 0.2) is 0 Å². The number of thioether (sulfide) groups is 1. The molecule has 0 aliphatic rings. The maximum absolute atomic E-state index is 11.9. The number of carbonyl (C=O) groups excluding carboxylic acids is 1. The van der Waals surface area contributed by atoms with Gasteiger partial charge in [0.2, 0.25) is 5.91 Å². The Morgan fingerprint density at radius 2 is 2.05 bits per heavy atom. The SMILES string of the molecule is CC(NC(=O)CSc1ccc(N)nc1)c1ccc(Br)cc1. The Hall–Kier alpha value is -1.53. The largest absolute Gasteiger partial charge is 0.384 e. The van der Waals surface area contributed by atoms with Gasteiger partial charge in [-0.15, -0.1) is 11.8 Å². The quantitative estimate of drug-likeness (QED) is 0.796. The molecule has 21 heavy (non-hydrogen) atoms. The number of hydrogen-bond acceptors (Lipinski definition) is 4. The van der Waals surface area contributed by atoms with Crippen LogP contribution in [0.5, 0.6) is 0 Å². The summed E-state index contributed by atoms with van der Waals surface area (Å²) in [6.45, 7) is 1.97. The molecule has 0 saturated heterocycles. The second kappa shape index (κ2) is 7.47. The molecule has 1 amide bonds. The van der Waals surface area contributed by atoms with Crippen molar-refractivity contribution in [3.05, 3.63) is 52.6 Å². The second-order valence-corrected chi connectivity index (χ2v) is 6.51. The lowest BCUT2D eigenvalue weighted by atomic mass is 10.1. The van der Waals surface area contributed by atoms with Crippen molar-refractivity contribution in [2.45, 2.75) is 17.9 Å². The lowest BCUT2D eigenvalue weighted by molar-refractivity contribution is -0.119. The Morgan fingerprint density at radius 3 is 2.67 bits per heavy atom. The molecule has 1 unspecified atom stereocenters. The maximum Gasteiger partial charge on any atom is 0.230 e. The first-order chi connectivity index (χ1) is 10.0. The van der Waals surface area contributed by atoms with Gasteiger partial charge in [-0.1, -0.05) is 28.1 Å². The Balaban J connectivity index is 1.83. The number of nitrogens with zero attached hydrogens (tertiary/aromatic N) is 1. The lowest BCUT2D eigenvalue weighted by Crippen LogP contribution is -2.28. The second-order valence-electron chi connectivity index (χ2n) is 4.55. The van der Waals surface area contributed by atoms with Crippen LogP contribution in [0.1, 0.15) is 18.5 Å². The highest BCUT2D eigenvalue weighted by atomic mass is 79.9. The van der Waals surface area contributed by atoms with Gasteiger partial charge >= 0.3 is 0 Å². The molecule has 0 radical (unpaired) electrons. The number of amides is 1. The predicted molar refractivity (Wildman–Crippen MR) is 90.1 cm³/mol. The molecule has 0 saturated carbocycles. The van der Waals surface area contributed by atoms with Crippen molar-refractivity contribution < 1.29 is 4.79 Å². The molecule has 1 heterocycles. The van der Waals surface area contributed by atoms with Gasteiger partial charge in [-0.05, 0) is 36.8 Å². The fourth-order valence-electron chi connectivity index (χ4n) is 1.74. The van der Waals surface area contributed by atoms with E-state index in [1.807, 2.05) is 37.3 Å². The van der Waals surface area contributed by atoms with Crippen LogP contribution in [0, 0.1) is 0 Å². The topological polar surface area (TPSA) is 68.0 Å². The summed E-state index contributed by atoms with van der Waals surface area (Å²) in [4.78, 5) is 16.9. The van der Waals surface area contributed by atoms with Crippen molar-refractivity contribution in [3.8, 4) is 0 Å². The molecule has 2 aromatic rings. The number of pyridine rings is 1. The maximum atomic E-state index is 11.9. The van der Waals surface area contributed by atoms with Gasteiger partial charge in [0.25, 0.3) is 0 Å². The van der Waals surface area contributed by atoms with Crippen molar-refractivity contribution in [3.63, 3.8) is 0 Å². The molecule has 0 aliphatic carbocycles. The average molecular weight is 366 g/mol. The van der Waals surface area contributed by atoms with E-state index in [4.69, 9.17) is 5.73 Å². The number of hydrogen-bond donors (Lipinski definition) is 2. The van der Waals surface area contributed by atoms with Crippen molar-refractivity contribution in [2.24, 2.45) is 0 Å². The van der Waals surface area contributed by atoms with Crippen molar-refractivity contribution in [1.29, 1.82) is 0 Å². The van der Waals surface area contributed by atoms with Crippen molar-refractivity contribution in [1.82, 2.24) is 10.3 Å². The van der Waals surface area contributed by atoms with Crippen LogP contribution in [0.15, 0.2) is 52.0 Å². The smallest absolute Gasteiger partial charge is 0.230 e. The molecule has 2 rings (SSSR count). The molecule has 1 atom stereocenters. The first-order valence-electron chi connectivity index (χ1n) is 6.44. The summed E-state index contributed by atoms with van der Waals surface area (Å²) < 4.78 is 1.02. The minimum atomic E-state index is -0.0178. The van der Waals surface area contributed by atoms with E-state index >= 15 is 0 Å². The summed E-state index contributed by atoms with van der Waals surface area (Å²) in [7, 11) is 0.